The maximum atomic E-state index is 6.20. The molecule has 0 radical (unpaired) electrons. The van der Waals surface area contributed by atoms with Crippen molar-refractivity contribution in [2.75, 3.05) is 5.73 Å². The fourth-order valence-corrected chi connectivity index (χ4v) is 2.39. The first-order valence-electron chi connectivity index (χ1n) is 7.51. The minimum atomic E-state index is 0.680. The van der Waals surface area contributed by atoms with Crippen LogP contribution in [0.15, 0.2) is 30.6 Å². The number of rotatable bonds is 6. The van der Waals surface area contributed by atoms with E-state index in [1.807, 2.05) is 10.9 Å². The third-order valence-electron chi connectivity index (χ3n) is 3.50. The van der Waals surface area contributed by atoms with E-state index in [0.717, 1.165) is 42.9 Å². The molecule has 0 fully saturated rings. The molecule has 0 aliphatic carbocycles. The molecule has 2 rings (SSSR count). The fourth-order valence-electron chi connectivity index (χ4n) is 2.39. The molecule has 0 unspecified atom stereocenters. The van der Waals surface area contributed by atoms with Crippen LogP contribution in [0.1, 0.15) is 39.2 Å². The summed E-state index contributed by atoms with van der Waals surface area (Å²) in [6.07, 6.45) is 5.26. The van der Waals surface area contributed by atoms with Gasteiger partial charge < -0.3 is 10.3 Å². The molecule has 3 heteroatoms. The van der Waals surface area contributed by atoms with Gasteiger partial charge in [-0.2, -0.15) is 0 Å². The Bertz CT molecular complexity index is 538. The Morgan fingerprint density at radius 1 is 1.20 bits per heavy atom. The number of hydrogen-bond acceptors (Lipinski definition) is 2. The highest BCUT2D eigenvalue weighted by molar-refractivity contribution is 5.70. The molecule has 108 valence electrons. The number of nitrogen functional groups attached to an aromatic ring is 1. The van der Waals surface area contributed by atoms with Gasteiger partial charge in [-0.05, 0) is 24.3 Å². The van der Waals surface area contributed by atoms with Gasteiger partial charge in [-0.1, -0.05) is 51.5 Å². The lowest BCUT2D eigenvalue weighted by Gasteiger charge is -2.07. The van der Waals surface area contributed by atoms with Gasteiger partial charge >= 0.3 is 0 Å². The summed E-state index contributed by atoms with van der Waals surface area (Å²) in [5, 5.41) is 0. The average molecular weight is 271 g/mol. The molecule has 0 spiro atoms. The first-order chi connectivity index (χ1) is 9.61. The van der Waals surface area contributed by atoms with E-state index in [4.69, 9.17) is 5.73 Å². The van der Waals surface area contributed by atoms with Crippen LogP contribution in [0.3, 0.4) is 0 Å². The number of unbranched alkanes of at least 4 members (excludes halogenated alkanes) is 1. The molecule has 0 atom stereocenters. The standard InChI is InChI=1S/C17H25N3/c1-4-5-10-20-12-19-16(17(20)18)15-8-6-14(7-9-15)11-13(2)3/h6-9,12-13H,4-5,10-11,18H2,1-3H3. The van der Waals surface area contributed by atoms with Gasteiger partial charge in [0, 0.05) is 12.1 Å². The number of imidazole rings is 1. The van der Waals surface area contributed by atoms with Crippen molar-refractivity contribution in [3.05, 3.63) is 36.2 Å². The van der Waals surface area contributed by atoms with E-state index in [-0.39, 0.29) is 0 Å². The summed E-state index contributed by atoms with van der Waals surface area (Å²) in [7, 11) is 0. The lowest BCUT2D eigenvalue weighted by atomic mass is 10.0. The molecule has 1 aromatic carbocycles. The summed E-state index contributed by atoms with van der Waals surface area (Å²) in [5.41, 5.74) is 9.57. The number of anilines is 1. The second kappa shape index (κ2) is 6.60. The van der Waals surface area contributed by atoms with Crippen molar-refractivity contribution >= 4 is 5.82 Å². The van der Waals surface area contributed by atoms with Crippen LogP contribution in [-0.2, 0) is 13.0 Å². The van der Waals surface area contributed by atoms with Crippen molar-refractivity contribution < 1.29 is 0 Å². The topological polar surface area (TPSA) is 43.8 Å². The molecule has 0 bridgehead atoms. The molecule has 20 heavy (non-hydrogen) atoms. The van der Waals surface area contributed by atoms with E-state index in [1.54, 1.807) is 0 Å². The number of aromatic nitrogens is 2. The van der Waals surface area contributed by atoms with Gasteiger partial charge in [-0.3, -0.25) is 0 Å². The van der Waals surface area contributed by atoms with Crippen molar-refractivity contribution in [2.24, 2.45) is 5.92 Å². The van der Waals surface area contributed by atoms with Gasteiger partial charge in [0.05, 0.1) is 6.33 Å². The second-order valence-corrected chi connectivity index (χ2v) is 5.82. The van der Waals surface area contributed by atoms with Crippen LogP contribution >= 0.6 is 0 Å². The Balaban J connectivity index is 2.17. The van der Waals surface area contributed by atoms with Crippen LogP contribution < -0.4 is 5.73 Å². The summed E-state index contributed by atoms with van der Waals surface area (Å²) in [5.74, 6) is 1.45. The highest BCUT2D eigenvalue weighted by atomic mass is 15.1. The van der Waals surface area contributed by atoms with Crippen molar-refractivity contribution in [2.45, 2.75) is 46.6 Å². The van der Waals surface area contributed by atoms with Crippen molar-refractivity contribution in [1.82, 2.24) is 9.55 Å². The summed E-state index contributed by atoms with van der Waals surface area (Å²) < 4.78 is 2.04. The zero-order valence-corrected chi connectivity index (χ0v) is 12.8. The predicted molar refractivity (Wildman–Crippen MR) is 85.5 cm³/mol. The van der Waals surface area contributed by atoms with E-state index < -0.39 is 0 Å². The molecule has 2 N–H and O–H groups in total. The zero-order chi connectivity index (χ0) is 14.5. The number of nitrogens with zero attached hydrogens (tertiary/aromatic N) is 2. The number of nitrogens with two attached hydrogens (primary N) is 1. The van der Waals surface area contributed by atoms with E-state index in [0.29, 0.717) is 5.92 Å². The van der Waals surface area contributed by atoms with Gasteiger partial charge in [0.1, 0.15) is 11.5 Å². The maximum Gasteiger partial charge on any atom is 0.131 e. The molecule has 0 amide bonds. The Hall–Kier alpha value is -1.77. The molecule has 1 aromatic heterocycles. The van der Waals surface area contributed by atoms with E-state index in [2.05, 4.69) is 50.0 Å². The number of benzene rings is 1. The van der Waals surface area contributed by atoms with Crippen molar-refractivity contribution in [3.63, 3.8) is 0 Å². The molecule has 0 saturated heterocycles. The fraction of sp³-hybridized carbons (Fsp3) is 0.471. The summed E-state index contributed by atoms with van der Waals surface area (Å²) in [4.78, 5) is 4.47. The van der Waals surface area contributed by atoms with Crippen LogP contribution in [0.25, 0.3) is 11.3 Å². The van der Waals surface area contributed by atoms with Gasteiger partial charge in [0.15, 0.2) is 0 Å². The summed E-state index contributed by atoms with van der Waals surface area (Å²) in [6.45, 7) is 7.60. The first-order valence-corrected chi connectivity index (χ1v) is 7.51. The molecule has 2 aromatic rings. The maximum absolute atomic E-state index is 6.20. The molecule has 0 aliphatic rings. The van der Waals surface area contributed by atoms with Crippen LogP contribution in [0.2, 0.25) is 0 Å². The highest BCUT2D eigenvalue weighted by Crippen LogP contribution is 2.25. The third-order valence-corrected chi connectivity index (χ3v) is 3.50. The van der Waals surface area contributed by atoms with Crippen LogP contribution in [0.5, 0.6) is 0 Å². The molecule has 0 aliphatic heterocycles. The molecule has 0 saturated carbocycles. The van der Waals surface area contributed by atoms with E-state index in [9.17, 15) is 0 Å². The smallest absolute Gasteiger partial charge is 0.131 e. The minimum absolute atomic E-state index is 0.680. The molecule has 3 nitrogen and oxygen atoms in total. The highest BCUT2D eigenvalue weighted by Gasteiger charge is 2.09. The Labute approximate surface area is 121 Å². The SMILES string of the molecule is CCCCn1cnc(-c2ccc(CC(C)C)cc2)c1N. The monoisotopic (exact) mass is 271 g/mol. The summed E-state index contributed by atoms with van der Waals surface area (Å²) in [6, 6.07) is 8.61. The molecular formula is C17H25N3. The van der Waals surface area contributed by atoms with Crippen LogP contribution in [0.4, 0.5) is 5.82 Å². The number of hydrogen-bond donors (Lipinski definition) is 1. The van der Waals surface area contributed by atoms with Crippen LogP contribution in [0, 0.1) is 5.92 Å². The van der Waals surface area contributed by atoms with Crippen molar-refractivity contribution in [1.29, 1.82) is 0 Å². The van der Waals surface area contributed by atoms with Gasteiger partial charge in [0.2, 0.25) is 0 Å². The van der Waals surface area contributed by atoms with E-state index in [1.165, 1.54) is 5.56 Å². The van der Waals surface area contributed by atoms with Crippen molar-refractivity contribution in [3.8, 4) is 11.3 Å². The number of aryl methyl sites for hydroxylation is 1. The van der Waals surface area contributed by atoms with Crippen LogP contribution in [-0.4, -0.2) is 9.55 Å². The Kier molecular flexibility index (Phi) is 4.83. The lowest BCUT2D eigenvalue weighted by Crippen LogP contribution is -2.02. The average Bonchev–Trinajstić information content (AvgIpc) is 2.78. The molecular weight excluding hydrogens is 246 g/mol. The first kappa shape index (κ1) is 14.6. The van der Waals surface area contributed by atoms with Gasteiger partial charge in [-0.15, -0.1) is 0 Å². The normalized spacial score (nSPS) is 11.2. The van der Waals surface area contributed by atoms with Gasteiger partial charge in [-0.25, -0.2) is 4.98 Å². The predicted octanol–water partition coefficient (Wildman–Crippen LogP) is 4.13. The second-order valence-electron chi connectivity index (χ2n) is 5.82. The third kappa shape index (κ3) is 3.41. The Morgan fingerprint density at radius 3 is 2.50 bits per heavy atom. The molecule has 1 heterocycles. The minimum Gasteiger partial charge on any atom is -0.383 e. The Morgan fingerprint density at radius 2 is 1.90 bits per heavy atom. The zero-order valence-electron chi connectivity index (χ0n) is 12.8. The quantitative estimate of drug-likeness (QED) is 0.858. The summed E-state index contributed by atoms with van der Waals surface area (Å²) >= 11 is 0. The van der Waals surface area contributed by atoms with E-state index >= 15 is 0 Å². The van der Waals surface area contributed by atoms with Gasteiger partial charge in [0.25, 0.3) is 0 Å². The lowest BCUT2D eigenvalue weighted by molar-refractivity contribution is 0.637. The largest absolute Gasteiger partial charge is 0.383 e.